The zero-order valence-corrected chi connectivity index (χ0v) is 11.8. The number of nitrogens with one attached hydrogen (secondary N) is 1. The van der Waals surface area contributed by atoms with Gasteiger partial charge in [0, 0.05) is 17.5 Å². The third-order valence-corrected chi connectivity index (χ3v) is 3.29. The number of rotatable bonds is 4. The molecule has 0 aliphatic heterocycles. The predicted octanol–water partition coefficient (Wildman–Crippen LogP) is 1.92. The Hall–Kier alpha value is -3.15. The van der Waals surface area contributed by atoms with Crippen molar-refractivity contribution in [1.82, 2.24) is 9.97 Å². The fourth-order valence-corrected chi connectivity index (χ4v) is 2.20. The van der Waals surface area contributed by atoms with Crippen molar-refractivity contribution in [2.75, 3.05) is 11.1 Å². The zero-order valence-electron chi connectivity index (χ0n) is 11.8. The molecule has 0 unspecified atom stereocenters. The van der Waals surface area contributed by atoms with Gasteiger partial charge in [-0.3, -0.25) is 4.79 Å². The van der Waals surface area contributed by atoms with Crippen LogP contribution >= 0.6 is 0 Å². The highest BCUT2D eigenvalue weighted by atomic mass is 16.1. The molecule has 0 aliphatic rings. The van der Waals surface area contributed by atoms with Gasteiger partial charge in [0.1, 0.15) is 5.82 Å². The molecule has 5 N–H and O–H groups in total. The molecule has 110 valence electrons. The van der Waals surface area contributed by atoms with Crippen LogP contribution in [0.2, 0.25) is 0 Å². The molecule has 0 fully saturated rings. The van der Waals surface area contributed by atoms with Crippen LogP contribution in [0.3, 0.4) is 0 Å². The van der Waals surface area contributed by atoms with Crippen LogP contribution in [0.15, 0.2) is 48.5 Å². The molecule has 3 aromatic rings. The number of carbonyl (C=O) groups is 1. The topological polar surface area (TPSA) is 107 Å². The molecular formula is C16H15N5O. The maximum atomic E-state index is 11.2. The van der Waals surface area contributed by atoms with Gasteiger partial charge in [-0.2, -0.15) is 4.98 Å². The Labute approximate surface area is 127 Å². The zero-order chi connectivity index (χ0) is 15.5. The number of nitrogens with two attached hydrogens (primary N) is 2. The number of para-hydroxylation sites is 1. The molecule has 1 amide bonds. The molecule has 1 heterocycles. The molecule has 2 aromatic carbocycles. The largest absolute Gasteiger partial charge is 0.383 e. The van der Waals surface area contributed by atoms with Crippen LogP contribution < -0.4 is 16.8 Å². The molecule has 1 aromatic heterocycles. The van der Waals surface area contributed by atoms with Crippen molar-refractivity contribution in [2.45, 2.75) is 6.54 Å². The summed E-state index contributed by atoms with van der Waals surface area (Å²) in [5.74, 6) is 0.424. The number of benzene rings is 2. The summed E-state index contributed by atoms with van der Waals surface area (Å²) in [5, 5.41) is 3.93. The average Bonchev–Trinajstić information content (AvgIpc) is 2.53. The van der Waals surface area contributed by atoms with Gasteiger partial charge in [-0.15, -0.1) is 0 Å². The molecule has 0 atom stereocenters. The van der Waals surface area contributed by atoms with Gasteiger partial charge in [-0.25, -0.2) is 4.98 Å². The lowest BCUT2D eigenvalue weighted by Crippen LogP contribution is -2.12. The van der Waals surface area contributed by atoms with E-state index in [0.29, 0.717) is 23.9 Å². The minimum atomic E-state index is -0.451. The number of carbonyl (C=O) groups excluding carboxylic acids is 1. The summed E-state index contributed by atoms with van der Waals surface area (Å²) >= 11 is 0. The van der Waals surface area contributed by atoms with Gasteiger partial charge in [0.05, 0.1) is 5.52 Å². The normalized spacial score (nSPS) is 10.5. The summed E-state index contributed by atoms with van der Waals surface area (Å²) in [4.78, 5) is 19.8. The monoisotopic (exact) mass is 293 g/mol. The Morgan fingerprint density at radius 3 is 2.73 bits per heavy atom. The molecule has 6 heteroatoms. The number of hydrogen-bond acceptors (Lipinski definition) is 5. The molecule has 0 spiro atoms. The SMILES string of the molecule is NC(=O)c1cccc(CNc2nc(N)c3ccccc3n2)c1. The first-order valence-electron chi connectivity index (χ1n) is 6.78. The van der Waals surface area contributed by atoms with E-state index in [0.717, 1.165) is 16.5 Å². The van der Waals surface area contributed by atoms with Gasteiger partial charge in [0.2, 0.25) is 11.9 Å². The highest BCUT2D eigenvalue weighted by Crippen LogP contribution is 2.19. The summed E-state index contributed by atoms with van der Waals surface area (Å²) in [6, 6.07) is 14.6. The van der Waals surface area contributed by atoms with Crippen molar-refractivity contribution in [3.63, 3.8) is 0 Å². The lowest BCUT2D eigenvalue weighted by Gasteiger charge is -2.08. The maximum Gasteiger partial charge on any atom is 0.248 e. The Morgan fingerprint density at radius 1 is 1.09 bits per heavy atom. The average molecular weight is 293 g/mol. The predicted molar refractivity (Wildman–Crippen MR) is 86.2 cm³/mol. The summed E-state index contributed by atoms with van der Waals surface area (Å²) in [6.45, 7) is 0.471. The van der Waals surface area contributed by atoms with Crippen LogP contribution in [-0.2, 0) is 6.54 Å². The Bertz CT molecular complexity index is 847. The first-order chi connectivity index (χ1) is 10.6. The second-order valence-corrected chi connectivity index (χ2v) is 4.87. The molecule has 3 rings (SSSR count). The van der Waals surface area contributed by atoms with Crippen LogP contribution in [0.1, 0.15) is 15.9 Å². The third kappa shape index (κ3) is 2.80. The van der Waals surface area contributed by atoms with E-state index < -0.39 is 5.91 Å². The quantitative estimate of drug-likeness (QED) is 0.681. The Kier molecular flexibility index (Phi) is 3.57. The van der Waals surface area contributed by atoms with Crippen molar-refractivity contribution < 1.29 is 4.79 Å². The van der Waals surface area contributed by atoms with Crippen LogP contribution in [0.25, 0.3) is 10.9 Å². The van der Waals surface area contributed by atoms with Crippen molar-refractivity contribution in [2.24, 2.45) is 5.73 Å². The number of amides is 1. The van der Waals surface area contributed by atoms with Gasteiger partial charge in [0.15, 0.2) is 0 Å². The van der Waals surface area contributed by atoms with Crippen molar-refractivity contribution >= 4 is 28.6 Å². The molecule has 0 saturated carbocycles. The lowest BCUT2D eigenvalue weighted by atomic mass is 10.1. The van der Waals surface area contributed by atoms with Gasteiger partial charge in [-0.05, 0) is 29.8 Å². The van der Waals surface area contributed by atoms with Crippen molar-refractivity contribution in [3.05, 3.63) is 59.7 Å². The lowest BCUT2D eigenvalue weighted by molar-refractivity contribution is 0.1000. The number of fused-ring (bicyclic) bond motifs is 1. The van der Waals surface area contributed by atoms with Gasteiger partial charge >= 0.3 is 0 Å². The fraction of sp³-hybridized carbons (Fsp3) is 0.0625. The third-order valence-electron chi connectivity index (χ3n) is 3.29. The number of nitrogen functional groups attached to an aromatic ring is 1. The molecule has 0 saturated heterocycles. The Balaban J connectivity index is 1.82. The highest BCUT2D eigenvalue weighted by Gasteiger charge is 2.05. The van der Waals surface area contributed by atoms with E-state index in [-0.39, 0.29) is 0 Å². The van der Waals surface area contributed by atoms with Crippen molar-refractivity contribution in [1.29, 1.82) is 0 Å². The van der Waals surface area contributed by atoms with Gasteiger partial charge in [0.25, 0.3) is 0 Å². The summed E-state index contributed by atoms with van der Waals surface area (Å²) < 4.78 is 0. The van der Waals surface area contributed by atoms with Crippen LogP contribution in [0.5, 0.6) is 0 Å². The first-order valence-corrected chi connectivity index (χ1v) is 6.78. The maximum absolute atomic E-state index is 11.2. The van der Waals surface area contributed by atoms with Crippen molar-refractivity contribution in [3.8, 4) is 0 Å². The Morgan fingerprint density at radius 2 is 1.91 bits per heavy atom. The first kappa shape index (κ1) is 13.8. The van der Waals surface area contributed by atoms with Crippen LogP contribution in [0.4, 0.5) is 11.8 Å². The van der Waals surface area contributed by atoms with E-state index >= 15 is 0 Å². The van der Waals surface area contributed by atoms with Crippen LogP contribution in [-0.4, -0.2) is 15.9 Å². The minimum Gasteiger partial charge on any atom is -0.383 e. The van der Waals surface area contributed by atoms with E-state index in [1.54, 1.807) is 18.2 Å². The molecule has 0 bridgehead atoms. The molecule has 22 heavy (non-hydrogen) atoms. The molecule has 0 aliphatic carbocycles. The summed E-state index contributed by atoms with van der Waals surface area (Å²) in [6.07, 6.45) is 0. The second kappa shape index (κ2) is 5.69. The standard InChI is InChI=1S/C16H15N5O/c17-14-12-6-1-2-7-13(12)20-16(21-14)19-9-10-4-3-5-11(8-10)15(18)22/h1-8H,9H2,(H2,18,22)(H3,17,19,20,21). The molecule has 6 nitrogen and oxygen atoms in total. The summed E-state index contributed by atoms with van der Waals surface area (Å²) in [5.41, 5.74) is 13.4. The number of primary amides is 1. The van der Waals surface area contributed by atoms with E-state index in [1.165, 1.54) is 0 Å². The molecular weight excluding hydrogens is 278 g/mol. The van der Waals surface area contributed by atoms with E-state index in [1.807, 2.05) is 30.3 Å². The van der Waals surface area contributed by atoms with E-state index in [2.05, 4.69) is 15.3 Å². The fourth-order valence-electron chi connectivity index (χ4n) is 2.20. The number of aromatic nitrogens is 2. The second-order valence-electron chi connectivity index (χ2n) is 4.87. The van der Waals surface area contributed by atoms with Gasteiger partial charge in [-0.1, -0.05) is 24.3 Å². The highest BCUT2D eigenvalue weighted by molar-refractivity contribution is 5.93. The number of nitrogens with zero attached hydrogens (tertiary/aromatic N) is 2. The number of hydrogen-bond donors (Lipinski definition) is 3. The smallest absolute Gasteiger partial charge is 0.248 e. The van der Waals surface area contributed by atoms with E-state index in [4.69, 9.17) is 11.5 Å². The minimum absolute atomic E-state index is 0.430. The summed E-state index contributed by atoms with van der Waals surface area (Å²) in [7, 11) is 0. The van der Waals surface area contributed by atoms with E-state index in [9.17, 15) is 4.79 Å². The van der Waals surface area contributed by atoms with Gasteiger partial charge < -0.3 is 16.8 Å². The molecule has 0 radical (unpaired) electrons. The number of anilines is 2. The van der Waals surface area contributed by atoms with Crippen LogP contribution in [0, 0.1) is 0 Å².